The van der Waals surface area contributed by atoms with Crippen molar-refractivity contribution in [2.24, 2.45) is 11.8 Å². The van der Waals surface area contributed by atoms with E-state index < -0.39 is 0 Å². The monoisotopic (exact) mass is 492 g/mol. The molecule has 0 saturated carbocycles. The predicted molar refractivity (Wildman–Crippen MR) is 160 cm³/mol. The van der Waals surface area contributed by atoms with Gasteiger partial charge in [0.05, 0.1) is 17.6 Å². The van der Waals surface area contributed by atoms with Gasteiger partial charge in [-0.1, -0.05) is 91.1 Å². The molecule has 8 rings (SSSR count). The molecule has 38 heavy (non-hydrogen) atoms. The van der Waals surface area contributed by atoms with Crippen molar-refractivity contribution < 1.29 is 0 Å². The van der Waals surface area contributed by atoms with Crippen LogP contribution in [0.5, 0.6) is 0 Å². The molecular weight excluding hydrogens is 460 g/mol. The van der Waals surface area contributed by atoms with Gasteiger partial charge in [0.2, 0.25) is 0 Å². The Labute approximate surface area is 225 Å². The third-order valence-corrected chi connectivity index (χ3v) is 9.14. The van der Waals surface area contributed by atoms with E-state index in [1.165, 1.54) is 44.7 Å². The molecule has 0 spiro atoms. The minimum absolute atomic E-state index is 0.386. The molecule has 2 heterocycles. The number of hydrogen-bond donors (Lipinski definition) is 0. The van der Waals surface area contributed by atoms with Crippen LogP contribution in [0.1, 0.15) is 30.5 Å². The molecule has 0 amide bonds. The van der Waals surface area contributed by atoms with E-state index >= 15 is 0 Å². The molecule has 0 bridgehead atoms. The van der Waals surface area contributed by atoms with Crippen LogP contribution in [0.2, 0.25) is 0 Å². The number of nitrogens with zero attached hydrogens (tertiary/aromatic N) is 2. The highest BCUT2D eigenvalue weighted by atomic mass is 15.2. The van der Waals surface area contributed by atoms with Crippen LogP contribution in [-0.2, 0) is 6.42 Å². The molecule has 4 atom stereocenters. The first-order valence-electron chi connectivity index (χ1n) is 14.1. The van der Waals surface area contributed by atoms with Gasteiger partial charge >= 0.3 is 0 Å². The summed E-state index contributed by atoms with van der Waals surface area (Å²) in [4.78, 5) is 2.63. The van der Waals surface area contributed by atoms with Crippen molar-refractivity contribution in [3.05, 3.63) is 138 Å². The van der Waals surface area contributed by atoms with E-state index in [0.717, 1.165) is 25.7 Å². The fourth-order valence-electron chi connectivity index (χ4n) is 7.47. The summed E-state index contributed by atoms with van der Waals surface area (Å²) in [5.41, 5.74) is 9.90. The Morgan fingerprint density at radius 1 is 0.737 bits per heavy atom. The van der Waals surface area contributed by atoms with Crippen LogP contribution in [0.4, 0.5) is 5.69 Å². The summed E-state index contributed by atoms with van der Waals surface area (Å²) in [5, 5.41) is 1.38. The topological polar surface area (TPSA) is 8.17 Å². The largest absolute Gasteiger partial charge is 0.357 e. The summed E-state index contributed by atoms with van der Waals surface area (Å²) in [6, 6.07) is 20.7. The SMILES string of the molecule is C1=CCCC(n2c3c(c4ccccc42)C=C(C2=CC4C5C=CC=CC5N(c5ccccc5)C4C=C2)CC3)=C1. The number of rotatable bonds is 3. The van der Waals surface area contributed by atoms with Crippen molar-refractivity contribution in [2.75, 3.05) is 4.90 Å². The maximum Gasteiger partial charge on any atom is 0.0552 e. The molecule has 0 radical (unpaired) electrons. The van der Waals surface area contributed by atoms with E-state index in [1.54, 1.807) is 0 Å². The van der Waals surface area contributed by atoms with Gasteiger partial charge in [-0.15, -0.1) is 0 Å². The zero-order valence-electron chi connectivity index (χ0n) is 21.6. The number of anilines is 1. The highest BCUT2D eigenvalue weighted by Crippen LogP contribution is 2.47. The van der Waals surface area contributed by atoms with Crippen LogP contribution in [0, 0.1) is 11.8 Å². The number of para-hydroxylation sites is 2. The summed E-state index contributed by atoms with van der Waals surface area (Å²) in [6.45, 7) is 0. The van der Waals surface area contributed by atoms with Crippen molar-refractivity contribution in [1.82, 2.24) is 4.57 Å². The van der Waals surface area contributed by atoms with Crippen molar-refractivity contribution >= 4 is 28.4 Å². The molecule has 3 aromatic rings. The Bertz CT molecular complexity index is 1630. The highest BCUT2D eigenvalue weighted by molar-refractivity contribution is 5.95. The van der Waals surface area contributed by atoms with Crippen molar-refractivity contribution in [1.29, 1.82) is 0 Å². The summed E-state index contributed by atoms with van der Waals surface area (Å²) in [5.74, 6) is 0.974. The van der Waals surface area contributed by atoms with Crippen LogP contribution in [0.15, 0.2) is 127 Å². The van der Waals surface area contributed by atoms with Crippen molar-refractivity contribution in [3.8, 4) is 0 Å². The molecule has 186 valence electrons. The average molecular weight is 493 g/mol. The summed E-state index contributed by atoms with van der Waals surface area (Å²) in [7, 11) is 0. The van der Waals surface area contributed by atoms with E-state index in [0.29, 0.717) is 23.9 Å². The van der Waals surface area contributed by atoms with Gasteiger partial charge in [-0.3, -0.25) is 0 Å². The molecule has 1 saturated heterocycles. The van der Waals surface area contributed by atoms with Gasteiger partial charge in [-0.05, 0) is 67.2 Å². The Hall–Kier alpha value is -4.04. The molecule has 0 N–H and O–H groups in total. The number of aromatic nitrogens is 1. The van der Waals surface area contributed by atoms with Gasteiger partial charge in [0.15, 0.2) is 0 Å². The van der Waals surface area contributed by atoms with Gasteiger partial charge in [0, 0.05) is 39.9 Å². The number of fused-ring (bicyclic) bond motifs is 6. The quantitative estimate of drug-likeness (QED) is 0.357. The predicted octanol–water partition coefficient (Wildman–Crippen LogP) is 8.27. The zero-order chi connectivity index (χ0) is 25.1. The van der Waals surface area contributed by atoms with Gasteiger partial charge in [-0.25, -0.2) is 0 Å². The van der Waals surface area contributed by atoms with E-state index in [2.05, 4.69) is 131 Å². The fourth-order valence-corrected chi connectivity index (χ4v) is 7.47. The molecular formula is C36H32N2. The Kier molecular flexibility index (Phi) is 5.07. The lowest BCUT2D eigenvalue weighted by atomic mass is 9.79. The van der Waals surface area contributed by atoms with Gasteiger partial charge < -0.3 is 9.47 Å². The van der Waals surface area contributed by atoms with Crippen LogP contribution in [0.3, 0.4) is 0 Å². The van der Waals surface area contributed by atoms with Crippen LogP contribution in [-0.4, -0.2) is 16.7 Å². The molecule has 1 fully saturated rings. The second-order valence-electron chi connectivity index (χ2n) is 11.1. The molecule has 1 aliphatic heterocycles. The van der Waals surface area contributed by atoms with Crippen LogP contribution < -0.4 is 4.90 Å². The first-order chi connectivity index (χ1) is 18.9. The number of hydrogen-bond acceptors (Lipinski definition) is 1. The highest BCUT2D eigenvalue weighted by Gasteiger charge is 2.46. The first kappa shape index (κ1) is 22.0. The maximum atomic E-state index is 2.63. The minimum atomic E-state index is 0.386. The van der Waals surface area contributed by atoms with Crippen molar-refractivity contribution in [3.63, 3.8) is 0 Å². The van der Waals surface area contributed by atoms with Gasteiger partial charge in [0.1, 0.15) is 0 Å². The maximum absolute atomic E-state index is 2.63. The lowest BCUT2D eigenvalue weighted by molar-refractivity contribution is 0.524. The molecule has 4 aliphatic carbocycles. The van der Waals surface area contributed by atoms with Crippen molar-refractivity contribution in [2.45, 2.75) is 37.8 Å². The average Bonchev–Trinajstić information content (AvgIpc) is 3.50. The van der Waals surface area contributed by atoms with E-state index in [-0.39, 0.29) is 0 Å². The summed E-state index contributed by atoms with van der Waals surface area (Å²) < 4.78 is 2.56. The van der Waals surface area contributed by atoms with Gasteiger partial charge in [0.25, 0.3) is 0 Å². The van der Waals surface area contributed by atoms with E-state index in [9.17, 15) is 0 Å². The minimum Gasteiger partial charge on any atom is -0.357 e. The molecule has 1 aromatic heterocycles. The third-order valence-electron chi connectivity index (χ3n) is 9.14. The number of allylic oxidation sites excluding steroid dienone is 9. The molecule has 2 aromatic carbocycles. The van der Waals surface area contributed by atoms with Gasteiger partial charge in [-0.2, -0.15) is 0 Å². The van der Waals surface area contributed by atoms with Crippen LogP contribution in [0.25, 0.3) is 22.7 Å². The van der Waals surface area contributed by atoms with E-state index in [1.807, 2.05) is 0 Å². The second-order valence-corrected chi connectivity index (χ2v) is 11.1. The van der Waals surface area contributed by atoms with Crippen LogP contribution >= 0.6 is 0 Å². The zero-order valence-corrected chi connectivity index (χ0v) is 21.6. The molecule has 2 heteroatoms. The Balaban J connectivity index is 1.20. The molecule has 5 aliphatic rings. The first-order valence-corrected chi connectivity index (χ1v) is 14.1. The standard InChI is InChI=1S/C36H32N2/c1-3-11-27(12-4-1)37-33-17-9-7-15-29(33)31-23-25(19-21-35(31)37)26-20-22-36-32(24-26)30-16-8-10-18-34(30)38(36)28-13-5-2-6-14-28/h1-5,7-13,15-19,21,23-24,29,31,33,35H,6,14,20,22H2. The smallest absolute Gasteiger partial charge is 0.0552 e. The Morgan fingerprint density at radius 3 is 2.47 bits per heavy atom. The lowest BCUT2D eigenvalue weighted by Crippen LogP contribution is -2.36. The lowest BCUT2D eigenvalue weighted by Gasteiger charge is -2.32. The summed E-state index contributed by atoms with van der Waals surface area (Å²) >= 11 is 0. The normalized spacial score (nSPS) is 27.1. The molecule has 2 nitrogen and oxygen atoms in total. The number of benzene rings is 2. The third kappa shape index (κ3) is 3.33. The summed E-state index contributed by atoms with van der Waals surface area (Å²) in [6.07, 6.45) is 30.5. The molecule has 4 unspecified atom stereocenters. The Morgan fingerprint density at radius 2 is 1.58 bits per heavy atom. The fraction of sp³-hybridized carbons (Fsp3) is 0.222. The second kappa shape index (κ2) is 8.77. The van der Waals surface area contributed by atoms with E-state index in [4.69, 9.17) is 0 Å².